The van der Waals surface area contributed by atoms with E-state index in [1.807, 2.05) is 0 Å². The molecule has 0 saturated carbocycles. The summed E-state index contributed by atoms with van der Waals surface area (Å²) in [6.45, 7) is 5.09. The van der Waals surface area contributed by atoms with Gasteiger partial charge in [-0.2, -0.15) is 0 Å². The van der Waals surface area contributed by atoms with Gasteiger partial charge in [-0.1, -0.05) is 30.8 Å². The number of rotatable bonds is 4. The van der Waals surface area contributed by atoms with Gasteiger partial charge >= 0.3 is 5.97 Å². The van der Waals surface area contributed by atoms with Crippen molar-refractivity contribution < 1.29 is 17.9 Å². The molecule has 116 valence electrons. The largest absolute Gasteiger partial charge is 0.423 e. The van der Waals surface area contributed by atoms with Gasteiger partial charge in [0, 0.05) is 30.4 Å². The number of nitrogens with zero attached hydrogens (tertiary/aromatic N) is 1. The maximum absolute atomic E-state index is 12.4. The fourth-order valence-electron chi connectivity index (χ4n) is 1.94. The molecule has 0 bridgehead atoms. The zero-order valence-corrected chi connectivity index (χ0v) is 13.5. The van der Waals surface area contributed by atoms with Crippen LogP contribution in [0.2, 0.25) is 0 Å². The molecule has 0 atom stereocenters. The molecule has 0 heterocycles. The van der Waals surface area contributed by atoms with Crippen LogP contribution >= 0.6 is 0 Å². The first-order chi connectivity index (χ1) is 10.2. The number of fused-ring (bicyclic) bond motifs is 1. The van der Waals surface area contributed by atoms with E-state index in [0.29, 0.717) is 16.5 Å². The molecule has 0 saturated heterocycles. The number of ether oxygens (including phenoxy) is 1. The first-order valence-electron chi connectivity index (χ1n) is 6.57. The summed E-state index contributed by atoms with van der Waals surface area (Å²) in [5.41, 5.74) is 0.272. The number of carbonyl (C=O) groups excluding carboxylic acids is 1. The van der Waals surface area contributed by atoms with Gasteiger partial charge in [-0.3, -0.25) is 0 Å². The highest BCUT2D eigenvalue weighted by Crippen LogP contribution is 2.32. The summed E-state index contributed by atoms with van der Waals surface area (Å²) in [6.07, 6.45) is 0. The van der Waals surface area contributed by atoms with Crippen molar-refractivity contribution in [3.8, 4) is 5.75 Å². The summed E-state index contributed by atoms with van der Waals surface area (Å²) in [7, 11) is -0.647. The SMILES string of the molecule is C=C(C)C(=O)Oc1ccc(S(=O)(=O)N(C)C)c2ccccc12. The third kappa shape index (κ3) is 2.88. The Labute approximate surface area is 129 Å². The lowest BCUT2D eigenvalue weighted by molar-refractivity contribution is -0.129. The minimum Gasteiger partial charge on any atom is -0.423 e. The van der Waals surface area contributed by atoms with Gasteiger partial charge in [0.25, 0.3) is 0 Å². The van der Waals surface area contributed by atoms with Gasteiger partial charge in [-0.15, -0.1) is 0 Å². The highest BCUT2D eigenvalue weighted by atomic mass is 32.2. The number of sulfonamides is 1. The summed E-state index contributed by atoms with van der Waals surface area (Å²) in [4.78, 5) is 11.9. The van der Waals surface area contributed by atoms with Gasteiger partial charge in [0.2, 0.25) is 10.0 Å². The van der Waals surface area contributed by atoms with E-state index < -0.39 is 16.0 Å². The lowest BCUT2D eigenvalue weighted by Crippen LogP contribution is -2.22. The molecule has 2 aromatic carbocycles. The van der Waals surface area contributed by atoms with Crippen molar-refractivity contribution in [3.05, 3.63) is 48.6 Å². The van der Waals surface area contributed by atoms with E-state index in [-0.39, 0.29) is 10.5 Å². The normalized spacial score (nSPS) is 11.6. The number of hydrogen-bond acceptors (Lipinski definition) is 4. The summed E-state index contributed by atoms with van der Waals surface area (Å²) in [5.74, 6) is -0.241. The Morgan fingerprint density at radius 1 is 1.09 bits per heavy atom. The first kappa shape index (κ1) is 16.2. The Morgan fingerprint density at radius 3 is 2.23 bits per heavy atom. The van der Waals surface area contributed by atoms with Gasteiger partial charge in [-0.05, 0) is 19.1 Å². The molecular formula is C16H17NO4S. The van der Waals surface area contributed by atoms with Crippen molar-refractivity contribution in [2.24, 2.45) is 0 Å². The number of carbonyl (C=O) groups is 1. The van der Waals surface area contributed by atoms with Crippen molar-refractivity contribution in [3.63, 3.8) is 0 Å². The Hall–Kier alpha value is -2.18. The fourth-order valence-corrected chi connectivity index (χ4v) is 3.03. The second-order valence-electron chi connectivity index (χ2n) is 5.06. The smallest absolute Gasteiger partial charge is 0.338 e. The second kappa shape index (κ2) is 5.90. The maximum atomic E-state index is 12.4. The third-order valence-electron chi connectivity index (χ3n) is 3.15. The predicted molar refractivity (Wildman–Crippen MR) is 85.3 cm³/mol. The molecule has 0 aromatic heterocycles. The number of benzene rings is 2. The molecule has 0 fully saturated rings. The molecule has 5 nitrogen and oxygen atoms in total. The topological polar surface area (TPSA) is 63.7 Å². The minimum absolute atomic E-state index is 0.170. The van der Waals surface area contributed by atoms with Crippen molar-refractivity contribution in [1.82, 2.24) is 4.31 Å². The van der Waals surface area contributed by atoms with Crippen molar-refractivity contribution in [1.29, 1.82) is 0 Å². The zero-order valence-electron chi connectivity index (χ0n) is 12.7. The molecule has 6 heteroatoms. The van der Waals surface area contributed by atoms with Crippen molar-refractivity contribution in [2.75, 3.05) is 14.1 Å². The molecule has 0 radical (unpaired) electrons. The average Bonchev–Trinajstić information content (AvgIpc) is 2.46. The van der Waals surface area contributed by atoms with E-state index in [1.54, 1.807) is 31.2 Å². The van der Waals surface area contributed by atoms with E-state index in [2.05, 4.69) is 6.58 Å². The third-order valence-corrected chi connectivity index (χ3v) is 5.03. The van der Waals surface area contributed by atoms with E-state index in [4.69, 9.17) is 4.74 Å². The molecule has 2 rings (SSSR count). The quantitative estimate of drug-likeness (QED) is 0.493. The van der Waals surface area contributed by atoms with Crippen LogP contribution in [0.15, 0.2) is 53.4 Å². The average molecular weight is 319 g/mol. The standard InChI is InChI=1S/C16H17NO4S/c1-11(2)16(18)21-14-9-10-15(22(19,20)17(3)4)13-8-6-5-7-12(13)14/h5-10H,1H2,2-4H3. The summed E-state index contributed by atoms with van der Waals surface area (Å²) in [5, 5.41) is 1.06. The van der Waals surface area contributed by atoms with E-state index in [0.717, 1.165) is 4.31 Å². The van der Waals surface area contributed by atoms with E-state index in [9.17, 15) is 13.2 Å². The predicted octanol–water partition coefficient (Wildman–Crippen LogP) is 2.57. The molecular weight excluding hydrogens is 302 g/mol. The summed E-state index contributed by atoms with van der Waals surface area (Å²) in [6, 6.07) is 9.82. The molecule has 0 unspecified atom stereocenters. The van der Waals surface area contributed by atoms with Crippen molar-refractivity contribution in [2.45, 2.75) is 11.8 Å². The Kier molecular flexibility index (Phi) is 4.35. The Balaban J connectivity index is 2.67. The van der Waals surface area contributed by atoms with Crippen molar-refractivity contribution >= 4 is 26.8 Å². The molecule has 0 N–H and O–H groups in total. The van der Waals surface area contributed by atoms with Crippen LogP contribution in [0.4, 0.5) is 0 Å². The van der Waals surface area contributed by atoms with Gasteiger partial charge in [0.1, 0.15) is 5.75 Å². The lowest BCUT2D eigenvalue weighted by atomic mass is 10.1. The van der Waals surface area contributed by atoms with Gasteiger partial charge in [0.05, 0.1) is 4.90 Å². The van der Waals surface area contributed by atoms with Crippen LogP contribution in [0.5, 0.6) is 5.75 Å². The first-order valence-corrected chi connectivity index (χ1v) is 8.01. The number of hydrogen-bond donors (Lipinski definition) is 0. The molecule has 2 aromatic rings. The van der Waals surface area contributed by atoms with E-state index >= 15 is 0 Å². The van der Waals surface area contributed by atoms with E-state index in [1.165, 1.54) is 26.2 Å². The number of esters is 1. The van der Waals surface area contributed by atoms with Crippen LogP contribution in [-0.4, -0.2) is 32.8 Å². The van der Waals surface area contributed by atoms with Crippen LogP contribution in [0, 0.1) is 0 Å². The molecule has 0 aliphatic carbocycles. The molecule has 0 spiro atoms. The van der Waals surface area contributed by atoms with Crippen LogP contribution in [-0.2, 0) is 14.8 Å². The monoisotopic (exact) mass is 319 g/mol. The van der Waals surface area contributed by atoms with Gasteiger partial charge < -0.3 is 4.74 Å². The molecule has 0 aliphatic heterocycles. The lowest BCUT2D eigenvalue weighted by Gasteiger charge is -2.15. The highest BCUT2D eigenvalue weighted by Gasteiger charge is 2.21. The fraction of sp³-hybridized carbons (Fsp3) is 0.188. The van der Waals surface area contributed by atoms with Crippen LogP contribution in [0.25, 0.3) is 10.8 Å². The van der Waals surface area contributed by atoms with Gasteiger partial charge in [-0.25, -0.2) is 17.5 Å². The Bertz CT molecular complexity index is 854. The van der Waals surface area contributed by atoms with Crippen LogP contribution in [0.1, 0.15) is 6.92 Å². The molecule has 22 heavy (non-hydrogen) atoms. The summed E-state index contributed by atoms with van der Waals surface area (Å²) >= 11 is 0. The zero-order chi connectivity index (χ0) is 16.5. The molecule has 0 aliphatic rings. The highest BCUT2D eigenvalue weighted by molar-refractivity contribution is 7.89. The summed E-state index contributed by atoms with van der Waals surface area (Å²) < 4.78 is 31.2. The molecule has 0 amide bonds. The minimum atomic E-state index is -3.59. The maximum Gasteiger partial charge on any atom is 0.338 e. The van der Waals surface area contributed by atoms with Crippen LogP contribution < -0.4 is 4.74 Å². The van der Waals surface area contributed by atoms with Crippen LogP contribution in [0.3, 0.4) is 0 Å². The second-order valence-corrected chi connectivity index (χ2v) is 7.18. The Morgan fingerprint density at radius 2 is 1.68 bits per heavy atom. The van der Waals surface area contributed by atoms with Gasteiger partial charge in [0.15, 0.2) is 0 Å².